The number of benzene rings is 3. The SMILES string of the molecule is Cc1ccc(OCCCn2c(CNC(=O)c3ccccc3C)nc3ccccc32)cc1. The summed E-state index contributed by atoms with van der Waals surface area (Å²) in [6.45, 7) is 5.76. The summed E-state index contributed by atoms with van der Waals surface area (Å²) in [7, 11) is 0. The number of rotatable bonds is 8. The standard InChI is InChI=1S/C26H27N3O2/c1-19-12-14-21(15-13-19)31-17-7-16-29-24-11-6-5-10-23(24)28-25(29)18-27-26(30)22-9-4-3-8-20(22)2/h3-6,8-15H,7,16-18H2,1-2H3,(H,27,30). The first-order valence-corrected chi connectivity index (χ1v) is 10.6. The zero-order valence-electron chi connectivity index (χ0n) is 18.0. The number of fused-ring (bicyclic) bond motifs is 1. The molecule has 0 atom stereocenters. The number of aromatic nitrogens is 2. The molecule has 0 aliphatic heterocycles. The van der Waals surface area contributed by atoms with E-state index >= 15 is 0 Å². The van der Waals surface area contributed by atoms with Gasteiger partial charge in [-0.25, -0.2) is 4.98 Å². The Balaban J connectivity index is 1.43. The molecule has 0 radical (unpaired) electrons. The van der Waals surface area contributed by atoms with Crippen LogP contribution in [0.5, 0.6) is 5.75 Å². The van der Waals surface area contributed by atoms with Crippen LogP contribution in [0.4, 0.5) is 0 Å². The van der Waals surface area contributed by atoms with Crippen LogP contribution in [0.1, 0.15) is 33.7 Å². The van der Waals surface area contributed by atoms with Crippen LogP contribution in [0, 0.1) is 13.8 Å². The van der Waals surface area contributed by atoms with Crippen molar-refractivity contribution in [2.45, 2.75) is 33.4 Å². The molecule has 0 saturated carbocycles. The summed E-state index contributed by atoms with van der Waals surface area (Å²) in [5.41, 5.74) is 4.87. The van der Waals surface area contributed by atoms with Gasteiger partial charge in [-0.2, -0.15) is 0 Å². The number of imidazole rings is 1. The van der Waals surface area contributed by atoms with Gasteiger partial charge in [0.05, 0.1) is 24.2 Å². The minimum Gasteiger partial charge on any atom is -0.494 e. The number of hydrogen-bond donors (Lipinski definition) is 1. The third kappa shape index (κ3) is 4.94. The van der Waals surface area contributed by atoms with Crippen LogP contribution in [0.15, 0.2) is 72.8 Å². The molecule has 1 amide bonds. The average molecular weight is 414 g/mol. The molecule has 3 aromatic carbocycles. The summed E-state index contributed by atoms with van der Waals surface area (Å²) in [6, 6.07) is 23.8. The molecule has 158 valence electrons. The van der Waals surface area contributed by atoms with E-state index in [0.717, 1.165) is 41.1 Å². The van der Waals surface area contributed by atoms with Gasteiger partial charge in [0.15, 0.2) is 0 Å². The summed E-state index contributed by atoms with van der Waals surface area (Å²) < 4.78 is 8.05. The van der Waals surface area contributed by atoms with E-state index in [0.29, 0.717) is 18.7 Å². The second kappa shape index (κ2) is 9.47. The average Bonchev–Trinajstić information content (AvgIpc) is 3.14. The molecule has 0 spiro atoms. The van der Waals surface area contributed by atoms with E-state index in [2.05, 4.69) is 22.9 Å². The Bertz CT molecular complexity index is 1180. The molecule has 5 nitrogen and oxygen atoms in total. The Morgan fingerprint density at radius 3 is 2.52 bits per heavy atom. The third-order valence-electron chi connectivity index (χ3n) is 5.35. The summed E-state index contributed by atoms with van der Waals surface area (Å²) in [4.78, 5) is 17.4. The molecule has 0 unspecified atom stereocenters. The van der Waals surface area contributed by atoms with Crippen molar-refractivity contribution in [3.8, 4) is 5.75 Å². The zero-order chi connectivity index (χ0) is 21.6. The van der Waals surface area contributed by atoms with Gasteiger partial charge in [0.1, 0.15) is 11.6 Å². The molecule has 4 rings (SSSR count). The quantitative estimate of drug-likeness (QED) is 0.411. The molecular formula is C26H27N3O2. The number of ether oxygens (including phenoxy) is 1. The van der Waals surface area contributed by atoms with Crippen molar-refractivity contribution in [2.24, 2.45) is 0 Å². The topological polar surface area (TPSA) is 56.1 Å². The third-order valence-corrected chi connectivity index (χ3v) is 5.35. The van der Waals surface area contributed by atoms with Crippen LogP contribution in [-0.4, -0.2) is 22.1 Å². The summed E-state index contributed by atoms with van der Waals surface area (Å²) in [5, 5.41) is 3.03. The Morgan fingerprint density at radius 2 is 1.71 bits per heavy atom. The molecule has 4 aromatic rings. The van der Waals surface area contributed by atoms with E-state index in [1.54, 1.807) is 0 Å². The molecular weight excluding hydrogens is 386 g/mol. The number of amides is 1. The maximum Gasteiger partial charge on any atom is 0.251 e. The molecule has 1 N–H and O–H groups in total. The summed E-state index contributed by atoms with van der Waals surface area (Å²) >= 11 is 0. The van der Waals surface area contributed by atoms with Crippen LogP contribution >= 0.6 is 0 Å². The van der Waals surface area contributed by atoms with Gasteiger partial charge < -0.3 is 14.6 Å². The lowest BCUT2D eigenvalue weighted by atomic mass is 10.1. The molecule has 5 heteroatoms. The van der Waals surface area contributed by atoms with Crippen LogP contribution in [0.25, 0.3) is 11.0 Å². The van der Waals surface area contributed by atoms with Gasteiger partial charge in [0.25, 0.3) is 5.91 Å². The van der Waals surface area contributed by atoms with Crippen LogP contribution in [0.2, 0.25) is 0 Å². The van der Waals surface area contributed by atoms with E-state index < -0.39 is 0 Å². The molecule has 0 saturated heterocycles. The molecule has 0 aliphatic rings. The fourth-order valence-corrected chi connectivity index (χ4v) is 3.64. The highest BCUT2D eigenvalue weighted by atomic mass is 16.5. The number of nitrogens with one attached hydrogen (secondary N) is 1. The van der Waals surface area contributed by atoms with E-state index in [9.17, 15) is 4.79 Å². The first kappa shape index (κ1) is 20.7. The van der Waals surface area contributed by atoms with Crippen molar-refractivity contribution in [3.63, 3.8) is 0 Å². The first-order chi connectivity index (χ1) is 15.1. The maximum absolute atomic E-state index is 12.6. The monoisotopic (exact) mass is 413 g/mol. The van der Waals surface area contributed by atoms with Gasteiger partial charge in [-0.3, -0.25) is 4.79 Å². The fourth-order valence-electron chi connectivity index (χ4n) is 3.64. The lowest BCUT2D eigenvalue weighted by Gasteiger charge is -2.12. The second-order valence-corrected chi connectivity index (χ2v) is 7.68. The molecule has 0 fully saturated rings. The number of carbonyl (C=O) groups is 1. The van der Waals surface area contributed by atoms with E-state index in [4.69, 9.17) is 9.72 Å². The molecule has 0 aliphatic carbocycles. The highest BCUT2D eigenvalue weighted by Crippen LogP contribution is 2.18. The largest absolute Gasteiger partial charge is 0.494 e. The lowest BCUT2D eigenvalue weighted by Crippen LogP contribution is -2.25. The van der Waals surface area contributed by atoms with Crippen LogP contribution < -0.4 is 10.1 Å². The van der Waals surface area contributed by atoms with E-state index in [1.165, 1.54) is 5.56 Å². The smallest absolute Gasteiger partial charge is 0.251 e. The lowest BCUT2D eigenvalue weighted by molar-refractivity contribution is 0.0949. The van der Waals surface area contributed by atoms with E-state index in [-0.39, 0.29) is 5.91 Å². The molecule has 1 aromatic heterocycles. The zero-order valence-corrected chi connectivity index (χ0v) is 18.0. The van der Waals surface area contributed by atoms with Crippen molar-refractivity contribution in [1.29, 1.82) is 0 Å². The Hall–Kier alpha value is -3.60. The fraction of sp³-hybridized carbons (Fsp3) is 0.231. The number of aryl methyl sites for hydroxylation is 3. The van der Waals surface area contributed by atoms with E-state index in [1.807, 2.05) is 73.7 Å². The molecule has 0 bridgehead atoms. The number of nitrogens with zero attached hydrogens (tertiary/aromatic N) is 2. The Labute approximate surface area is 182 Å². The second-order valence-electron chi connectivity index (χ2n) is 7.68. The van der Waals surface area contributed by atoms with Crippen molar-refractivity contribution in [2.75, 3.05) is 6.61 Å². The van der Waals surface area contributed by atoms with Gasteiger partial charge in [-0.05, 0) is 56.2 Å². The Kier molecular flexibility index (Phi) is 6.32. The van der Waals surface area contributed by atoms with Crippen LogP contribution in [0.3, 0.4) is 0 Å². The van der Waals surface area contributed by atoms with Gasteiger partial charge in [0, 0.05) is 12.1 Å². The normalized spacial score (nSPS) is 10.9. The molecule has 1 heterocycles. The predicted octanol–water partition coefficient (Wildman–Crippen LogP) is 5.05. The van der Waals surface area contributed by atoms with Crippen LogP contribution in [-0.2, 0) is 13.1 Å². The van der Waals surface area contributed by atoms with Gasteiger partial charge in [0.2, 0.25) is 0 Å². The van der Waals surface area contributed by atoms with Crippen molar-refractivity contribution < 1.29 is 9.53 Å². The Morgan fingerprint density at radius 1 is 0.968 bits per heavy atom. The molecule has 31 heavy (non-hydrogen) atoms. The predicted molar refractivity (Wildman–Crippen MR) is 123 cm³/mol. The van der Waals surface area contributed by atoms with Crippen molar-refractivity contribution >= 4 is 16.9 Å². The van der Waals surface area contributed by atoms with Crippen molar-refractivity contribution in [3.05, 3.63) is 95.3 Å². The minimum atomic E-state index is -0.0839. The van der Waals surface area contributed by atoms with Gasteiger partial charge >= 0.3 is 0 Å². The van der Waals surface area contributed by atoms with Gasteiger partial charge in [-0.1, -0.05) is 48.0 Å². The number of carbonyl (C=O) groups excluding carboxylic acids is 1. The summed E-state index contributed by atoms with van der Waals surface area (Å²) in [5.74, 6) is 1.64. The van der Waals surface area contributed by atoms with Gasteiger partial charge in [-0.15, -0.1) is 0 Å². The first-order valence-electron chi connectivity index (χ1n) is 10.6. The highest BCUT2D eigenvalue weighted by Gasteiger charge is 2.13. The van der Waals surface area contributed by atoms with Crippen molar-refractivity contribution in [1.82, 2.24) is 14.9 Å². The highest BCUT2D eigenvalue weighted by molar-refractivity contribution is 5.95. The summed E-state index contributed by atoms with van der Waals surface area (Å²) in [6.07, 6.45) is 0.840. The maximum atomic E-state index is 12.6. The number of hydrogen-bond acceptors (Lipinski definition) is 3. The minimum absolute atomic E-state index is 0.0839. The number of para-hydroxylation sites is 2.